The van der Waals surface area contributed by atoms with Crippen molar-refractivity contribution in [3.05, 3.63) is 29.8 Å². The highest BCUT2D eigenvalue weighted by molar-refractivity contribution is 6.72. The average molecular weight is 396 g/mol. The third-order valence-electron chi connectivity index (χ3n) is 2.78. The van der Waals surface area contributed by atoms with E-state index in [1.54, 1.807) is 0 Å². The van der Waals surface area contributed by atoms with Crippen molar-refractivity contribution in [1.29, 1.82) is 0 Å². The van der Waals surface area contributed by atoms with Crippen LogP contribution in [-0.2, 0) is 20.5 Å². The molecule has 1 rings (SSSR count). The minimum Gasteiger partial charge on any atom is -0.544 e. The monoisotopic (exact) mass is 395 g/mol. The Hall–Kier alpha value is -1.61. The molecule has 0 aromatic heterocycles. The highest BCUT2D eigenvalue weighted by atomic mass is 28.4. The van der Waals surface area contributed by atoms with E-state index in [4.69, 9.17) is 13.7 Å². The van der Waals surface area contributed by atoms with E-state index in [2.05, 4.69) is 24.8 Å². The van der Waals surface area contributed by atoms with Crippen LogP contribution in [0.25, 0.3) is 0 Å². The molecule has 0 N–H and O–H groups in total. The summed E-state index contributed by atoms with van der Waals surface area (Å²) >= 11 is 0. The lowest BCUT2D eigenvalue weighted by atomic mass is 10.1. The van der Waals surface area contributed by atoms with Crippen molar-refractivity contribution in [2.24, 2.45) is 5.16 Å². The molecule has 0 heterocycles. The van der Waals surface area contributed by atoms with Crippen LogP contribution < -0.4 is 4.43 Å². The van der Waals surface area contributed by atoms with Gasteiger partial charge in [-0.3, -0.25) is 0 Å². The van der Waals surface area contributed by atoms with Crippen LogP contribution in [0.2, 0.25) is 39.3 Å². The van der Waals surface area contributed by atoms with E-state index in [0.717, 1.165) is 11.3 Å². The second-order valence-electron chi connectivity index (χ2n) is 9.28. The number of rotatable bonds is 7. The summed E-state index contributed by atoms with van der Waals surface area (Å²) in [6.45, 7) is 18.0. The Labute approximate surface area is 160 Å². The maximum Gasteiger partial charge on any atom is 0.343 e. The molecular weight excluding hydrogens is 362 g/mol. The zero-order valence-corrected chi connectivity index (χ0v) is 19.6. The Kier molecular flexibility index (Phi) is 7.24. The van der Waals surface area contributed by atoms with Gasteiger partial charge in [0.15, 0.2) is 5.71 Å². The van der Waals surface area contributed by atoms with Crippen molar-refractivity contribution in [2.75, 3.05) is 0 Å². The Morgan fingerprint density at radius 2 is 1.50 bits per heavy atom. The van der Waals surface area contributed by atoms with Gasteiger partial charge in [-0.25, -0.2) is 4.79 Å². The topological polar surface area (TPSA) is 57.1 Å². The number of benzene rings is 1. The molecular formula is C19H33NO4Si2. The molecule has 7 heteroatoms. The van der Waals surface area contributed by atoms with Crippen molar-refractivity contribution in [3.8, 4) is 5.75 Å². The molecule has 0 saturated carbocycles. The first kappa shape index (κ1) is 22.4. The molecule has 0 aliphatic carbocycles. The van der Waals surface area contributed by atoms with Crippen molar-refractivity contribution in [1.82, 2.24) is 0 Å². The van der Waals surface area contributed by atoms with Crippen LogP contribution in [0.3, 0.4) is 0 Å². The predicted octanol–water partition coefficient (Wildman–Crippen LogP) is 4.99. The molecule has 0 unspecified atom stereocenters. The fraction of sp³-hybridized carbons (Fsp3) is 0.579. The summed E-state index contributed by atoms with van der Waals surface area (Å²) in [5.74, 6) is 0.442. The highest BCUT2D eigenvalue weighted by Gasteiger charge is 2.25. The lowest BCUT2D eigenvalue weighted by Gasteiger charge is -2.20. The highest BCUT2D eigenvalue weighted by Crippen LogP contribution is 2.18. The summed E-state index contributed by atoms with van der Waals surface area (Å²) < 4.78 is 11.6. The Balaban J connectivity index is 2.96. The van der Waals surface area contributed by atoms with Gasteiger partial charge in [0, 0.05) is 6.42 Å². The summed E-state index contributed by atoms with van der Waals surface area (Å²) in [5, 5.41) is 4.10. The predicted molar refractivity (Wildman–Crippen MR) is 112 cm³/mol. The number of carbonyl (C=O) groups is 1. The summed E-state index contributed by atoms with van der Waals surface area (Å²) in [6, 6.07) is 7.76. The van der Waals surface area contributed by atoms with Crippen LogP contribution in [0.5, 0.6) is 5.75 Å². The van der Waals surface area contributed by atoms with Gasteiger partial charge in [-0.15, -0.1) is 0 Å². The molecule has 1 aromatic carbocycles. The first-order valence-electron chi connectivity index (χ1n) is 8.91. The molecule has 0 bridgehead atoms. The van der Waals surface area contributed by atoms with Gasteiger partial charge in [-0.05, 0) is 77.7 Å². The number of hydrogen-bond acceptors (Lipinski definition) is 5. The van der Waals surface area contributed by atoms with E-state index >= 15 is 0 Å². The fourth-order valence-corrected chi connectivity index (χ4v) is 3.41. The quantitative estimate of drug-likeness (QED) is 0.371. The van der Waals surface area contributed by atoms with Gasteiger partial charge in [0.1, 0.15) is 11.4 Å². The van der Waals surface area contributed by atoms with Gasteiger partial charge in [0.05, 0.1) is 0 Å². The lowest BCUT2D eigenvalue weighted by molar-refractivity contribution is -0.128. The summed E-state index contributed by atoms with van der Waals surface area (Å²) in [4.78, 5) is 18.0. The summed E-state index contributed by atoms with van der Waals surface area (Å²) in [6.07, 6.45) is 0.354. The number of carbonyl (C=O) groups excluding carboxylic acids is 1. The average Bonchev–Trinajstić information content (AvgIpc) is 2.40. The van der Waals surface area contributed by atoms with Gasteiger partial charge >= 0.3 is 5.97 Å². The van der Waals surface area contributed by atoms with Crippen LogP contribution >= 0.6 is 0 Å². The van der Waals surface area contributed by atoms with Gasteiger partial charge in [0.2, 0.25) is 16.6 Å². The molecule has 0 aliphatic heterocycles. The maximum absolute atomic E-state index is 12.5. The molecule has 0 aliphatic rings. The van der Waals surface area contributed by atoms with Crippen LogP contribution in [0.4, 0.5) is 0 Å². The van der Waals surface area contributed by atoms with Crippen LogP contribution in [0.15, 0.2) is 29.4 Å². The molecule has 5 nitrogen and oxygen atoms in total. The fourth-order valence-electron chi connectivity index (χ4n) is 1.89. The summed E-state index contributed by atoms with van der Waals surface area (Å²) in [7, 11) is -3.65. The first-order valence-corrected chi connectivity index (χ1v) is 15.7. The Bertz CT molecular complexity index is 635. The molecule has 146 valence electrons. The van der Waals surface area contributed by atoms with Crippen LogP contribution in [0.1, 0.15) is 26.3 Å². The lowest BCUT2D eigenvalue weighted by Crippen LogP contribution is -2.34. The van der Waals surface area contributed by atoms with Gasteiger partial charge < -0.3 is 13.7 Å². The van der Waals surface area contributed by atoms with Crippen molar-refractivity contribution < 1.29 is 18.5 Å². The SMILES string of the molecule is CC(C)(C)O/N=C(/Cc1ccc(O[Si](C)(C)C)cc1)C(=O)O[Si](C)(C)C. The molecule has 0 atom stereocenters. The molecule has 1 aromatic rings. The minimum atomic E-state index is -2.01. The molecule has 0 radical (unpaired) electrons. The largest absolute Gasteiger partial charge is 0.544 e. The van der Waals surface area contributed by atoms with Crippen LogP contribution in [-0.4, -0.2) is 33.9 Å². The number of nitrogens with zero attached hydrogens (tertiary/aromatic N) is 1. The second kappa shape index (κ2) is 8.39. The maximum atomic E-state index is 12.5. The molecule has 0 amide bonds. The smallest absolute Gasteiger partial charge is 0.343 e. The number of hydrogen-bond donors (Lipinski definition) is 0. The molecule has 26 heavy (non-hydrogen) atoms. The molecule has 0 saturated heterocycles. The zero-order chi connectivity index (χ0) is 20.2. The van der Waals surface area contributed by atoms with Gasteiger partial charge in [-0.1, -0.05) is 17.3 Å². The van der Waals surface area contributed by atoms with Crippen molar-refractivity contribution >= 4 is 28.3 Å². The van der Waals surface area contributed by atoms with E-state index in [1.165, 1.54) is 0 Å². The molecule has 0 fully saturated rings. The van der Waals surface area contributed by atoms with E-state index in [0.29, 0.717) is 6.42 Å². The van der Waals surface area contributed by atoms with Crippen molar-refractivity contribution in [3.63, 3.8) is 0 Å². The van der Waals surface area contributed by atoms with E-state index in [9.17, 15) is 4.79 Å². The summed E-state index contributed by atoms with van der Waals surface area (Å²) in [5.41, 5.74) is 0.762. The number of oxime groups is 1. The second-order valence-corrected chi connectivity index (χ2v) is 18.1. The van der Waals surface area contributed by atoms with E-state index in [1.807, 2.05) is 64.7 Å². The van der Waals surface area contributed by atoms with Crippen molar-refractivity contribution in [2.45, 2.75) is 72.1 Å². The van der Waals surface area contributed by atoms with Gasteiger partial charge in [-0.2, -0.15) is 0 Å². The zero-order valence-electron chi connectivity index (χ0n) is 17.6. The standard InChI is InChI=1S/C19H33NO4Si2/c1-19(2,3)24-20-17(18(21)23-26(7,8)9)14-15-10-12-16(13-11-15)22-25(4,5)6/h10-13H,14H2,1-9H3/b20-17-. The first-order chi connectivity index (χ1) is 11.6. The minimum absolute atomic E-state index is 0.279. The molecule has 0 spiro atoms. The normalized spacial score (nSPS) is 13.3. The van der Waals surface area contributed by atoms with Gasteiger partial charge in [0.25, 0.3) is 0 Å². The Morgan fingerprint density at radius 1 is 0.962 bits per heavy atom. The Morgan fingerprint density at radius 3 is 1.92 bits per heavy atom. The third kappa shape index (κ3) is 9.77. The van der Waals surface area contributed by atoms with E-state index < -0.39 is 28.2 Å². The third-order valence-corrected chi connectivity index (χ3v) is 4.43. The van der Waals surface area contributed by atoms with Crippen LogP contribution in [0, 0.1) is 0 Å². The van der Waals surface area contributed by atoms with E-state index in [-0.39, 0.29) is 5.71 Å².